The molecule has 0 aliphatic carbocycles. The largest absolute Gasteiger partial charge is 0.465 e. The van der Waals surface area contributed by atoms with Gasteiger partial charge in [0.05, 0.1) is 6.54 Å². The third-order valence-corrected chi connectivity index (χ3v) is 7.48. The van der Waals surface area contributed by atoms with Gasteiger partial charge in [-0.15, -0.1) is 11.3 Å². The summed E-state index contributed by atoms with van der Waals surface area (Å²) in [6.07, 6.45) is -1.32. The van der Waals surface area contributed by atoms with Gasteiger partial charge in [0.15, 0.2) is 0 Å². The van der Waals surface area contributed by atoms with Crippen LogP contribution in [0.15, 0.2) is 90.3 Å². The van der Waals surface area contributed by atoms with Gasteiger partial charge in [-0.25, -0.2) is 9.78 Å². The van der Waals surface area contributed by atoms with Crippen molar-refractivity contribution in [3.63, 3.8) is 0 Å². The highest BCUT2D eigenvalue weighted by Gasteiger charge is 2.41. The number of carboxylic acid groups (broad SMARTS) is 1. The van der Waals surface area contributed by atoms with Crippen molar-refractivity contribution in [3.8, 4) is 0 Å². The van der Waals surface area contributed by atoms with Gasteiger partial charge in [-0.3, -0.25) is 25.2 Å². The van der Waals surface area contributed by atoms with Gasteiger partial charge in [-0.2, -0.15) is 0 Å². The van der Waals surface area contributed by atoms with Crippen LogP contribution >= 0.6 is 11.3 Å². The molecule has 0 saturated heterocycles. The normalized spacial score (nSPS) is 10.9. The predicted octanol–water partition coefficient (Wildman–Crippen LogP) is 3.98. The van der Waals surface area contributed by atoms with Gasteiger partial charge in [0.25, 0.3) is 17.7 Å². The molecule has 4 N–H and O–H groups in total. The second-order valence-corrected chi connectivity index (χ2v) is 10.8. The first kappa shape index (κ1) is 29.9. The average molecular weight is 586 g/mol. The third-order valence-electron chi connectivity index (χ3n) is 6.53. The Morgan fingerprint density at radius 3 is 2.00 bits per heavy atom. The smallest absolute Gasteiger partial charge is 0.405 e. The number of hydrazine groups is 1. The van der Waals surface area contributed by atoms with Crippen molar-refractivity contribution >= 4 is 35.2 Å². The summed E-state index contributed by atoms with van der Waals surface area (Å²) in [5, 5.41) is 14.8. The van der Waals surface area contributed by atoms with Crippen LogP contribution < -0.4 is 16.2 Å². The minimum Gasteiger partial charge on any atom is -0.465 e. The van der Waals surface area contributed by atoms with E-state index >= 15 is 0 Å². The van der Waals surface area contributed by atoms with E-state index in [9.17, 15) is 24.3 Å². The van der Waals surface area contributed by atoms with Crippen LogP contribution in [0.4, 0.5) is 4.79 Å². The Hall–Kier alpha value is -5.03. The highest BCUT2D eigenvalue weighted by Crippen LogP contribution is 2.21. The summed E-state index contributed by atoms with van der Waals surface area (Å²) < 4.78 is 0. The molecule has 1 heterocycles. The zero-order valence-electron chi connectivity index (χ0n) is 23.2. The number of carbonyl (C=O) groups is 4. The molecule has 1 aromatic heterocycles. The molecule has 0 unspecified atom stereocenters. The van der Waals surface area contributed by atoms with Gasteiger partial charge >= 0.3 is 6.09 Å². The fourth-order valence-electron chi connectivity index (χ4n) is 4.53. The maximum atomic E-state index is 13.7. The molecule has 4 amide bonds. The fourth-order valence-corrected chi connectivity index (χ4v) is 5.35. The number of hydrogen-bond donors (Lipinski definition) is 4. The van der Waals surface area contributed by atoms with Gasteiger partial charge in [-0.05, 0) is 36.2 Å². The van der Waals surface area contributed by atoms with E-state index < -0.39 is 23.4 Å². The Labute approximate surface area is 247 Å². The van der Waals surface area contributed by atoms with Crippen molar-refractivity contribution in [1.82, 2.24) is 26.1 Å². The molecule has 0 aliphatic rings. The zero-order chi connectivity index (χ0) is 30.1. The average Bonchev–Trinajstić information content (AvgIpc) is 3.40. The number of nitrogens with one attached hydrogen (secondary N) is 3. The van der Waals surface area contributed by atoms with Crippen molar-refractivity contribution in [3.05, 3.63) is 123 Å². The first-order valence-corrected chi connectivity index (χ1v) is 14.0. The molecule has 0 bridgehead atoms. The number of aromatic nitrogens is 1. The summed E-state index contributed by atoms with van der Waals surface area (Å²) in [7, 11) is 1.65. The van der Waals surface area contributed by atoms with Crippen molar-refractivity contribution in [2.75, 3.05) is 7.05 Å². The standard InChI is InChI=1S/C31H31N5O5S/c1-21-20-42-26(32-21)19-36(2)28(38)25-15-9-14-24(16-25)27(37)34-35-29(39)31(33-30(40)41,17-22-10-5-3-6-11-22)18-23-12-7-4-8-13-23/h3-16,20,33H,17-19H2,1-2H3,(H,34,37)(H,35,39)(H,40,41). The Balaban J connectivity index is 1.51. The number of hydrogen-bond acceptors (Lipinski definition) is 6. The molecule has 4 rings (SSSR count). The second kappa shape index (κ2) is 13.6. The summed E-state index contributed by atoms with van der Waals surface area (Å²) in [5.74, 6) is -1.70. The van der Waals surface area contributed by atoms with Gasteiger partial charge in [0.2, 0.25) is 0 Å². The van der Waals surface area contributed by atoms with Gasteiger partial charge < -0.3 is 15.3 Å². The lowest BCUT2D eigenvalue weighted by Gasteiger charge is -2.32. The summed E-state index contributed by atoms with van der Waals surface area (Å²) in [6.45, 7) is 2.21. The maximum Gasteiger partial charge on any atom is 0.405 e. The first-order valence-electron chi connectivity index (χ1n) is 13.1. The topological polar surface area (TPSA) is 141 Å². The number of carbonyl (C=O) groups excluding carboxylic acids is 3. The van der Waals surface area contributed by atoms with Crippen LogP contribution in [0.25, 0.3) is 0 Å². The number of rotatable bonds is 10. The Bertz CT molecular complexity index is 1520. The van der Waals surface area contributed by atoms with E-state index in [-0.39, 0.29) is 24.3 Å². The van der Waals surface area contributed by atoms with Crippen molar-refractivity contribution in [1.29, 1.82) is 0 Å². The molecule has 0 aliphatic heterocycles. The van der Waals surface area contributed by atoms with E-state index in [1.54, 1.807) is 67.7 Å². The number of thiazole rings is 1. The van der Waals surface area contributed by atoms with Crippen molar-refractivity contribution in [2.45, 2.75) is 31.8 Å². The maximum absolute atomic E-state index is 13.7. The minimum atomic E-state index is -1.64. The molecule has 3 aromatic carbocycles. The first-order chi connectivity index (χ1) is 20.1. The Kier molecular flexibility index (Phi) is 9.66. The van der Waals surface area contributed by atoms with Crippen LogP contribution in [-0.2, 0) is 24.2 Å². The van der Waals surface area contributed by atoms with Crippen molar-refractivity contribution < 1.29 is 24.3 Å². The molecule has 11 heteroatoms. The minimum absolute atomic E-state index is 0.0334. The molecule has 0 radical (unpaired) electrons. The van der Waals surface area contributed by atoms with E-state index in [1.165, 1.54) is 28.4 Å². The molecule has 42 heavy (non-hydrogen) atoms. The lowest BCUT2D eigenvalue weighted by Crippen LogP contribution is -2.63. The van der Waals surface area contributed by atoms with E-state index in [0.717, 1.165) is 21.8 Å². The number of benzene rings is 3. The van der Waals surface area contributed by atoms with Crippen molar-refractivity contribution in [2.24, 2.45) is 0 Å². The number of nitrogens with zero attached hydrogens (tertiary/aromatic N) is 2. The summed E-state index contributed by atoms with van der Waals surface area (Å²) in [6, 6.07) is 24.1. The lowest BCUT2D eigenvalue weighted by molar-refractivity contribution is -0.128. The molecular weight excluding hydrogens is 554 g/mol. The van der Waals surface area contributed by atoms with Crippen LogP contribution in [0.1, 0.15) is 42.5 Å². The predicted molar refractivity (Wildman–Crippen MR) is 159 cm³/mol. The number of aryl methyl sites for hydroxylation is 1. The molecule has 4 aromatic rings. The van der Waals surface area contributed by atoms with E-state index in [0.29, 0.717) is 12.1 Å². The highest BCUT2D eigenvalue weighted by atomic mass is 32.1. The third kappa shape index (κ3) is 7.79. The number of amides is 4. The molecule has 0 atom stereocenters. The fraction of sp³-hybridized carbons (Fsp3) is 0.194. The van der Waals surface area contributed by atoms with Crippen LogP contribution in [0.3, 0.4) is 0 Å². The molecular formula is C31H31N5O5S. The quantitative estimate of drug-likeness (QED) is 0.208. The zero-order valence-corrected chi connectivity index (χ0v) is 24.0. The summed E-state index contributed by atoms with van der Waals surface area (Å²) in [4.78, 5) is 57.5. The lowest BCUT2D eigenvalue weighted by atomic mass is 9.84. The molecule has 0 fully saturated rings. The van der Waals surface area contributed by atoms with E-state index in [4.69, 9.17) is 0 Å². The van der Waals surface area contributed by atoms with E-state index in [1.807, 2.05) is 24.4 Å². The molecule has 10 nitrogen and oxygen atoms in total. The SMILES string of the molecule is Cc1csc(CN(C)C(=O)c2cccc(C(=O)NNC(=O)C(Cc3ccccc3)(Cc3ccccc3)NC(=O)O)c2)n1. The monoisotopic (exact) mass is 585 g/mol. The van der Waals surface area contributed by atoms with E-state index in [2.05, 4.69) is 21.2 Å². The van der Waals surface area contributed by atoms with Gasteiger partial charge in [0.1, 0.15) is 10.5 Å². The van der Waals surface area contributed by atoms with Crippen LogP contribution in [0, 0.1) is 6.92 Å². The van der Waals surface area contributed by atoms with Gasteiger partial charge in [-0.1, -0.05) is 66.7 Å². The Morgan fingerprint density at radius 1 is 0.857 bits per heavy atom. The molecule has 0 saturated carbocycles. The van der Waals surface area contributed by atoms with Crippen LogP contribution in [-0.4, -0.2) is 51.4 Å². The second-order valence-electron chi connectivity index (χ2n) is 9.87. The Morgan fingerprint density at radius 2 is 1.45 bits per heavy atom. The summed E-state index contributed by atoms with van der Waals surface area (Å²) >= 11 is 1.46. The summed E-state index contributed by atoms with van der Waals surface area (Å²) in [5.41, 5.74) is 5.92. The van der Waals surface area contributed by atoms with Crippen LogP contribution in [0.2, 0.25) is 0 Å². The molecule has 216 valence electrons. The highest BCUT2D eigenvalue weighted by molar-refractivity contribution is 7.09. The van der Waals surface area contributed by atoms with Crippen LogP contribution in [0.5, 0.6) is 0 Å². The molecule has 0 spiro atoms. The van der Waals surface area contributed by atoms with Gasteiger partial charge in [0, 0.05) is 42.1 Å².